The first-order valence-corrected chi connectivity index (χ1v) is 4.49. The smallest absolute Gasteiger partial charge is 0.142 e. The van der Waals surface area contributed by atoms with Crippen molar-refractivity contribution in [2.45, 2.75) is 38.0 Å². The van der Waals surface area contributed by atoms with Gasteiger partial charge in [0.2, 0.25) is 0 Å². The molecule has 0 N–H and O–H groups in total. The molecule has 2 aliphatic heterocycles. The third-order valence-electron chi connectivity index (χ3n) is 3.32. The highest BCUT2D eigenvalue weighted by Gasteiger charge is 2.56. The van der Waals surface area contributed by atoms with Gasteiger partial charge in [-0.05, 0) is 6.42 Å². The first-order valence-electron chi connectivity index (χ1n) is 4.49. The average molecular weight is 154 g/mol. The molecular formula is C8H15BO2. The van der Waals surface area contributed by atoms with Gasteiger partial charge in [-0.15, -0.1) is 0 Å². The Balaban J connectivity index is 2.24. The van der Waals surface area contributed by atoms with E-state index in [1.54, 1.807) is 0 Å². The molecule has 4 atom stereocenters. The molecule has 2 fully saturated rings. The van der Waals surface area contributed by atoms with Gasteiger partial charge in [-0.3, -0.25) is 0 Å². The van der Waals surface area contributed by atoms with Crippen LogP contribution in [0.3, 0.4) is 0 Å². The van der Waals surface area contributed by atoms with E-state index in [1.807, 2.05) is 0 Å². The zero-order valence-corrected chi connectivity index (χ0v) is 7.46. The lowest BCUT2D eigenvalue weighted by molar-refractivity contribution is -0.115. The van der Waals surface area contributed by atoms with Crippen LogP contribution in [0.5, 0.6) is 0 Å². The Bertz CT molecular complexity index is 173. The van der Waals surface area contributed by atoms with Crippen LogP contribution in [0.15, 0.2) is 0 Å². The largest absolute Gasteiger partial charge is 0.375 e. The van der Waals surface area contributed by atoms with Crippen LogP contribution < -0.4 is 0 Å². The van der Waals surface area contributed by atoms with Gasteiger partial charge in [0.05, 0.1) is 24.3 Å². The zero-order chi connectivity index (χ0) is 8.06. The van der Waals surface area contributed by atoms with Crippen molar-refractivity contribution in [1.29, 1.82) is 0 Å². The lowest BCUT2D eigenvalue weighted by Gasteiger charge is -2.29. The monoisotopic (exact) mass is 154 g/mol. The summed E-state index contributed by atoms with van der Waals surface area (Å²) in [6.07, 6.45) is 1.43. The molecule has 0 radical (unpaired) electrons. The Kier molecular flexibility index (Phi) is 1.55. The average Bonchev–Trinajstić information content (AvgIpc) is 2.42. The molecule has 3 heteroatoms. The minimum Gasteiger partial charge on any atom is -0.375 e. The quantitative estimate of drug-likeness (QED) is 0.501. The van der Waals surface area contributed by atoms with Crippen molar-refractivity contribution < 1.29 is 9.47 Å². The zero-order valence-electron chi connectivity index (χ0n) is 7.46. The van der Waals surface area contributed by atoms with Crippen molar-refractivity contribution in [2.75, 3.05) is 6.61 Å². The summed E-state index contributed by atoms with van der Waals surface area (Å²) in [5.41, 5.74) is 0.0596. The molecule has 2 aliphatic rings. The van der Waals surface area contributed by atoms with Crippen LogP contribution in [0.1, 0.15) is 20.3 Å². The van der Waals surface area contributed by atoms with Gasteiger partial charge < -0.3 is 9.47 Å². The molecule has 0 aromatic rings. The van der Waals surface area contributed by atoms with E-state index < -0.39 is 0 Å². The lowest BCUT2D eigenvalue weighted by atomic mass is 9.85. The Morgan fingerprint density at radius 1 is 1.64 bits per heavy atom. The molecule has 0 spiro atoms. The van der Waals surface area contributed by atoms with Crippen LogP contribution in [0.25, 0.3) is 0 Å². The van der Waals surface area contributed by atoms with Crippen molar-refractivity contribution >= 4 is 7.85 Å². The maximum Gasteiger partial charge on any atom is 0.142 e. The van der Waals surface area contributed by atoms with E-state index in [4.69, 9.17) is 9.47 Å². The van der Waals surface area contributed by atoms with E-state index in [1.165, 1.54) is 0 Å². The Morgan fingerprint density at radius 2 is 2.36 bits per heavy atom. The molecule has 0 aromatic heterocycles. The molecule has 0 saturated carbocycles. The number of fused-ring (bicyclic) bond motifs is 2. The van der Waals surface area contributed by atoms with Gasteiger partial charge in [0.25, 0.3) is 0 Å². The number of hydrogen-bond acceptors (Lipinski definition) is 2. The fraction of sp³-hybridized carbons (Fsp3) is 1.00. The molecule has 2 nitrogen and oxygen atoms in total. The number of rotatable bonds is 1. The van der Waals surface area contributed by atoms with Gasteiger partial charge in [-0.1, -0.05) is 13.8 Å². The van der Waals surface area contributed by atoms with E-state index in [-0.39, 0.29) is 5.60 Å². The summed E-state index contributed by atoms with van der Waals surface area (Å²) >= 11 is 0. The molecule has 2 saturated heterocycles. The highest BCUT2D eigenvalue weighted by atomic mass is 16.6. The summed E-state index contributed by atoms with van der Waals surface area (Å²) in [4.78, 5) is 0. The van der Waals surface area contributed by atoms with Crippen molar-refractivity contribution in [3.63, 3.8) is 0 Å². The summed E-state index contributed by atoms with van der Waals surface area (Å²) in [6.45, 7) is 5.23. The van der Waals surface area contributed by atoms with E-state index in [9.17, 15) is 0 Å². The SMILES string of the molecule is BC1O[C@]2(CC)COC1C2C. The van der Waals surface area contributed by atoms with Gasteiger partial charge in [-0.2, -0.15) is 0 Å². The molecule has 0 amide bonds. The molecule has 62 valence electrons. The topological polar surface area (TPSA) is 18.5 Å². The van der Waals surface area contributed by atoms with Gasteiger partial charge in [-0.25, -0.2) is 0 Å². The van der Waals surface area contributed by atoms with E-state index >= 15 is 0 Å². The predicted octanol–water partition coefficient (Wildman–Crippen LogP) is 0.159. The van der Waals surface area contributed by atoms with Crippen LogP contribution in [-0.2, 0) is 9.47 Å². The first kappa shape index (κ1) is 7.62. The van der Waals surface area contributed by atoms with Gasteiger partial charge in [0.1, 0.15) is 7.85 Å². The van der Waals surface area contributed by atoms with Crippen molar-refractivity contribution in [3.05, 3.63) is 0 Å². The highest BCUT2D eigenvalue weighted by molar-refractivity contribution is 6.11. The second-order valence-electron chi connectivity index (χ2n) is 3.81. The van der Waals surface area contributed by atoms with E-state index in [2.05, 4.69) is 21.7 Å². The van der Waals surface area contributed by atoms with Crippen molar-refractivity contribution in [1.82, 2.24) is 0 Å². The highest BCUT2D eigenvalue weighted by Crippen LogP contribution is 2.45. The minimum absolute atomic E-state index is 0.0596. The van der Waals surface area contributed by atoms with Gasteiger partial charge in [0.15, 0.2) is 0 Å². The second-order valence-corrected chi connectivity index (χ2v) is 3.81. The molecule has 11 heavy (non-hydrogen) atoms. The Morgan fingerprint density at radius 3 is 2.64 bits per heavy atom. The fourth-order valence-corrected chi connectivity index (χ4v) is 2.44. The summed E-state index contributed by atoms with van der Waals surface area (Å²) in [5, 5.41) is 0. The van der Waals surface area contributed by atoms with Gasteiger partial charge in [0, 0.05) is 5.92 Å². The summed E-state index contributed by atoms with van der Waals surface area (Å²) in [6, 6.07) is 0.304. The van der Waals surface area contributed by atoms with E-state index in [0.717, 1.165) is 13.0 Å². The summed E-state index contributed by atoms with van der Waals surface area (Å²) in [7, 11) is 2.11. The van der Waals surface area contributed by atoms with Crippen LogP contribution >= 0.6 is 0 Å². The van der Waals surface area contributed by atoms with Crippen LogP contribution in [0.2, 0.25) is 0 Å². The van der Waals surface area contributed by atoms with Gasteiger partial charge >= 0.3 is 0 Å². The number of hydrogen-bond donors (Lipinski definition) is 0. The van der Waals surface area contributed by atoms with Crippen LogP contribution in [0.4, 0.5) is 0 Å². The molecule has 0 aromatic carbocycles. The second kappa shape index (κ2) is 2.24. The number of ether oxygens (including phenoxy) is 2. The van der Waals surface area contributed by atoms with Crippen molar-refractivity contribution in [3.8, 4) is 0 Å². The van der Waals surface area contributed by atoms with Crippen LogP contribution in [0, 0.1) is 5.92 Å². The molecule has 2 rings (SSSR count). The molecule has 3 unspecified atom stereocenters. The maximum atomic E-state index is 5.88. The maximum absolute atomic E-state index is 5.88. The fourth-order valence-electron chi connectivity index (χ4n) is 2.44. The first-order chi connectivity index (χ1) is 5.19. The molecule has 2 heterocycles. The normalized spacial score (nSPS) is 55.3. The molecular weight excluding hydrogens is 139 g/mol. The summed E-state index contributed by atoms with van der Waals surface area (Å²) in [5.74, 6) is 0.586. The van der Waals surface area contributed by atoms with Crippen LogP contribution in [-0.4, -0.2) is 32.2 Å². The third kappa shape index (κ3) is 0.813. The third-order valence-corrected chi connectivity index (χ3v) is 3.32. The molecule has 2 bridgehead atoms. The standard InChI is InChI=1S/C8H15BO2/c1-3-8-4-10-6(5(8)2)7(9)11-8/h5-7H,3-4,9H2,1-2H3/t5?,6?,7?,8-/m1/s1. The lowest BCUT2D eigenvalue weighted by Crippen LogP contribution is -2.37. The molecule has 0 aliphatic carbocycles. The van der Waals surface area contributed by atoms with Crippen molar-refractivity contribution in [2.24, 2.45) is 5.92 Å². The summed E-state index contributed by atoms with van der Waals surface area (Å²) < 4.78 is 11.5. The van der Waals surface area contributed by atoms with E-state index in [0.29, 0.717) is 18.0 Å². The Labute approximate surface area is 68.7 Å². The Hall–Kier alpha value is -0.0151. The predicted molar refractivity (Wildman–Crippen MR) is 45.3 cm³/mol. The minimum atomic E-state index is 0.0596.